The summed E-state index contributed by atoms with van der Waals surface area (Å²) in [4.78, 5) is 18.9. The molecule has 19 heavy (non-hydrogen) atoms. The van der Waals surface area contributed by atoms with Gasteiger partial charge in [0.25, 0.3) is 5.91 Å². The molecule has 1 amide bonds. The molecule has 1 fully saturated rings. The SMILES string of the molecule is CCc1cc(C(=O)N2CCCSCC2)cc(NC)n1. The van der Waals surface area contributed by atoms with Gasteiger partial charge in [-0.1, -0.05) is 6.92 Å². The Morgan fingerprint density at radius 2 is 2.26 bits per heavy atom. The van der Waals surface area contributed by atoms with Crippen LogP contribution < -0.4 is 5.32 Å². The summed E-state index contributed by atoms with van der Waals surface area (Å²) in [7, 11) is 1.83. The maximum atomic E-state index is 12.5. The zero-order valence-electron chi connectivity index (χ0n) is 11.6. The Morgan fingerprint density at radius 1 is 1.42 bits per heavy atom. The van der Waals surface area contributed by atoms with Crippen LogP contribution in [0.25, 0.3) is 0 Å². The van der Waals surface area contributed by atoms with Gasteiger partial charge in [-0.15, -0.1) is 0 Å². The van der Waals surface area contributed by atoms with Crippen molar-refractivity contribution in [3.63, 3.8) is 0 Å². The Kier molecular flexibility index (Phi) is 5.07. The fourth-order valence-electron chi connectivity index (χ4n) is 2.15. The van der Waals surface area contributed by atoms with Crippen molar-refractivity contribution < 1.29 is 4.79 Å². The van der Waals surface area contributed by atoms with Gasteiger partial charge in [0.1, 0.15) is 5.82 Å². The third-order valence-electron chi connectivity index (χ3n) is 3.25. The lowest BCUT2D eigenvalue weighted by Crippen LogP contribution is -2.33. The van der Waals surface area contributed by atoms with E-state index in [9.17, 15) is 4.79 Å². The summed E-state index contributed by atoms with van der Waals surface area (Å²) in [5.74, 6) is 3.10. The van der Waals surface area contributed by atoms with Crippen LogP contribution in [-0.4, -0.2) is 47.4 Å². The van der Waals surface area contributed by atoms with Crippen molar-refractivity contribution in [2.45, 2.75) is 19.8 Å². The molecule has 0 spiro atoms. The summed E-state index contributed by atoms with van der Waals surface area (Å²) in [6, 6.07) is 3.76. The molecule has 0 atom stereocenters. The summed E-state index contributed by atoms with van der Waals surface area (Å²) in [5.41, 5.74) is 1.71. The zero-order chi connectivity index (χ0) is 13.7. The minimum atomic E-state index is 0.135. The van der Waals surface area contributed by atoms with E-state index in [0.29, 0.717) is 0 Å². The average molecular weight is 279 g/mol. The molecule has 4 nitrogen and oxygen atoms in total. The number of carbonyl (C=O) groups excluding carboxylic acids is 1. The van der Waals surface area contributed by atoms with Gasteiger partial charge in [-0.05, 0) is 30.7 Å². The van der Waals surface area contributed by atoms with Gasteiger partial charge in [0.05, 0.1) is 0 Å². The van der Waals surface area contributed by atoms with Gasteiger partial charge in [-0.25, -0.2) is 4.98 Å². The molecule has 0 aromatic carbocycles. The van der Waals surface area contributed by atoms with Crippen molar-refractivity contribution >= 4 is 23.5 Å². The van der Waals surface area contributed by atoms with Crippen LogP contribution in [0.15, 0.2) is 12.1 Å². The van der Waals surface area contributed by atoms with E-state index in [1.54, 1.807) is 0 Å². The summed E-state index contributed by atoms with van der Waals surface area (Å²) < 4.78 is 0. The fraction of sp³-hybridized carbons (Fsp3) is 0.571. The zero-order valence-corrected chi connectivity index (χ0v) is 12.4. The molecule has 1 N–H and O–H groups in total. The van der Waals surface area contributed by atoms with Crippen molar-refractivity contribution in [2.75, 3.05) is 37.0 Å². The number of anilines is 1. The highest BCUT2D eigenvalue weighted by atomic mass is 32.2. The molecule has 2 rings (SSSR count). The third kappa shape index (κ3) is 3.62. The van der Waals surface area contributed by atoms with Gasteiger partial charge in [0.2, 0.25) is 0 Å². The van der Waals surface area contributed by atoms with Crippen molar-refractivity contribution in [1.29, 1.82) is 0 Å². The number of thioether (sulfide) groups is 1. The number of nitrogens with zero attached hydrogens (tertiary/aromatic N) is 2. The minimum absolute atomic E-state index is 0.135. The number of hydrogen-bond acceptors (Lipinski definition) is 4. The summed E-state index contributed by atoms with van der Waals surface area (Å²) in [6.45, 7) is 3.77. The predicted octanol–water partition coefficient (Wildman–Crippen LogP) is 2.26. The number of hydrogen-bond donors (Lipinski definition) is 1. The number of rotatable bonds is 3. The quantitative estimate of drug-likeness (QED) is 0.922. The topological polar surface area (TPSA) is 45.2 Å². The second-order valence-corrected chi connectivity index (χ2v) is 5.82. The van der Waals surface area contributed by atoms with E-state index in [1.807, 2.05) is 35.8 Å². The Bertz CT molecular complexity index is 420. The summed E-state index contributed by atoms with van der Waals surface area (Å²) >= 11 is 1.93. The normalized spacial score (nSPS) is 16.0. The van der Waals surface area contributed by atoms with Crippen LogP contribution in [0.3, 0.4) is 0 Å². The lowest BCUT2D eigenvalue weighted by atomic mass is 10.1. The maximum absolute atomic E-state index is 12.5. The standard InChI is InChI=1S/C14H21N3OS/c1-3-12-9-11(10-13(15-2)16-12)14(18)17-5-4-7-19-8-6-17/h9-10H,3-8H2,1-2H3,(H,15,16). The van der Waals surface area contributed by atoms with E-state index >= 15 is 0 Å². The number of pyridine rings is 1. The Hall–Kier alpha value is -1.23. The largest absolute Gasteiger partial charge is 0.373 e. The second kappa shape index (κ2) is 6.80. The van der Waals surface area contributed by atoms with Gasteiger partial charge >= 0.3 is 0 Å². The molecule has 0 radical (unpaired) electrons. The number of amides is 1. The van der Waals surface area contributed by atoms with Crippen molar-refractivity contribution in [3.05, 3.63) is 23.4 Å². The molecule has 1 aliphatic heterocycles. The van der Waals surface area contributed by atoms with E-state index in [1.165, 1.54) is 0 Å². The molecule has 1 saturated heterocycles. The average Bonchev–Trinajstić information content (AvgIpc) is 2.74. The van der Waals surface area contributed by atoms with E-state index in [0.717, 1.165) is 54.5 Å². The highest BCUT2D eigenvalue weighted by Gasteiger charge is 2.18. The smallest absolute Gasteiger partial charge is 0.254 e. The molecular weight excluding hydrogens is 258 g/mol. The number of carbonyl (C=O) groups is 1. The first-order chi connectivity index (χ1) is 9.24. The Morgan fingerprint density at radius 3 is 3.00 bits per heavy atom. The van der Waals surface area contributed by atoms with Gasteiger partial charge in [-0.3, -0.25) is 4.79 Å². The molecule has 2 heterocycles. The van der Waals surface area contributed by atoms with E-state index in [2.05, 4.69) is 17.2 Å². The summed E-state index contributed by atoms with van der Waals surface area (Å²) in [6.07, 6.45) is 1.92. The van der Waals surface area contributed by atoms with Crippen LogP contribution in [0, 0.1) is 0 Å². The molecule has 0 aliphatic carbocycles. The van der Waals surface area contributed by atoms with E-state index in [4.69, 9.17) is 0 Å². The highest BCUT2D eigenvalue weighted by molar-refractivity contribution is 7.99. The molecule has 104 valence electrons. The van der Waals surface area contributed by atoms with Gasteiger partial charge < -0.3 is 10.2 Å². The van der Waals surface area contributed by atoms with Crippen LogP contribution in [0.2, 0.25) is 0 Å². The fourth-order valence-corrected chi connectivity index (χ4v) is 3.04. The van der Waals surface area contributed by atoms with Gasteiger partial charge in [-0.2, -0.15) is 11.8 Å². The van der Waals surface area contributed by atoms with Crippen LogP contribution >= 0.6 is 11.8 Å². The number of aromatic nitrogens is 1. The van der Waals surface area contributed by atoms with Gasteiger partial charge in [0.15, 0.2) is 0 Å². The molecule has 0 bridgehead atoms. The van der Waals surface area contributed by atoms with Crippen LogP contribution in [0.5, 0.6) is 0 Å². The molecular formula is C14H21N3OS. The third-order valence-corrected chi connectivity index (χ3v) is 4.30. The minimum Gasteiger partial charge on any atom is -0.373 e. The summed E-state index contributed by atoms with van der Waals surface area (Å²) in [5, 5.41) is 3.03. The number of aryl methyl sites for hydroxylation is 1. The first kappa shape index (κ1) is 14.2. The van der Waals surface area contributed by atoms with Crippen molar-refractivity contribution in [2.24, 2.45) is 0 Å². The molecule has 1 aliphatic rings. The van der Waals surface area contributed by atoms with Crippen molar-refractivity contribution in [3.8, 4) is 0 Å². The molecule has 0 unspecified atom stereocenters. The Labute approximate surface area is 119 Å². The molecule has 1 aromatic heterocycles. The van der Waals surface area contributed by atoms with Crippen LogP contribution in [-0.2, 0) is 6.42 Å². The van der Waals surface area contributed by atoms with Crippen LogP contribution in [0.4, 0.5) is 5.82 Å². The first-order valence-electron chi connectivity index (χ1n) is 6.80. The molecule has 0 saturated carbocycles. The van der Waals surface area contributed by atoms with Crippen LogP contribution in [0.1, 0.15) is 29.4 Å². The second-order valence-electron chi connectivity index (χ2n) is 4.59. The van der Waals surface area contributed by atoms with Gasteiger partial charge in [0, 0.05) is 37.1 Å². The maximum Gasteiger partial charge on any atom is 0.254 e. The van der Waals surface area contributed by atoms with Crippen molar-refractivity contribution in [1.82, 2.24) is 9.88 Å². The predicted molar refractivity (Wildman–Crippen MR) is 81.0 cm³/mol. The van der Waals surface area contributed by atoms with E-state index in [-0.39, 0.29) is 5.91 Å². The Balaban J connectivity index is 2.21. The molecule has 1 aromatic rings. The molecule has 5 heteroatoms. The lowest BCUT2D eigenvalue weighted by molar-refractivity contribution is 0.0768. The highest BCUT2D eigenvalue weighted by Crippen LogP contribution is 2.16. The first-order valence-corrected chi connectivity index (χ1v) is 7.95. The van der Waals surface area contributed by atoms with E-state index < -0.39 is 0 Å². The lowest BCUT2D eigenvalue weighted by Gasteiger charge is -2.20. The number of nitrogens with one attached hydrogen (secondary N) is 1. The monoisotopic (exact) mass is 279 g/mol.